The summed E-state index contributed by atoms with van der Waals surface area (Å²) < 4.78 is 67.9. The largest absolute Gasteiger partial charge is 0.490 e. The van der Waals surface area contributed by atoms with Crippen molar-refractivity contribution < 1.29 is 65.4 Å². The zero-order valence-corrected chi connectivity index (χ0v) is 25.9. The van der Waals surface area contributed by atoms with Crippen LogP contribution in [0, 0.1) is 11.6 Å². The number of nitrogen functional groups attached to an aromatic ring is 1. The van der Waals surface area contributed by atoms with Crippen LogP contribution < -0.4 is 11.1 Å². The van der Waals surface area contributed by atoms with Crippen LogP contribution in [0.1, 0.15) is 17.6 Å². The molecule has 44 heavy (non-hydrogen) atoms. The molecule has 2 aliphatic heterocycles. The van der Waals surface area contributed by atoms with Gasteiger partial charge in [-0.1, -0.05) is 12.2 Å². The fourth-order valence-corrected chi connectivity index (χ4v) is 7.79. The van der Waals surface area contributed by atoms with E-state index in [1.165, 1.54) is 10.9 Å². The van der Waals surface area contributed by atoms with Crippen LogP contribution >= 0.6 is 35.7 Å². The van der Waals surface area contributed by atoms with Crippen molar-refractivity contribution in [1.29, 1.82) is 0 Å². The summed E-state index contributed by atoms with van der Waals surface area (Å²) in [6.07, 6.45) is -4.89. The summed E-state index contributed by atoms with van der Waals surface area (Å²) >= 11 is 5.24. The molecule has 2 fully saturated rings. The highest BCUT2D eigenvalue weighted by Crippen LogP contribution is 2.66. The second-order valence-corrected chi connectivity index (χ2v) is 14.2. The Morgan fingerprint density at radius 3 is 2.52 bits per heavy atom. The number of aromatic amines is 1. The molecule has 0 aromatic carbocycles. The summed E-state index contributed by atoms with van der Waals surface area (Å²) in [5.74, 6) is -0.724. The quantitative estimate of drug-likeness (QED) is 0.100. The molecule has 242 valence electrons. The summed E-state index contributed by atoms with van der Waals surface area (Å²) in [5, 5.41) is 6.87. The van der Waals surface area contributed by atoms with Crippen molar-refractivity contribution in [1.82, 2.24) is 34.6 Å². The summed E-state index contributed by atoms with van der Waals surface area (Å²) in [5.41, 5.74) is 7.63. The number of anilines is 1. The van der Waals surface area contributed by atoms with E-state index in [0.29, 0.717) is 5.69 Å². The van der Waals surface area contributed by atoms with Gasteiger partial charge >= 0.3 is 23.5 Å². The molecule has 6 unspecified atom stereocenters. The van der Waals surface area contributed by atoms with Gasteiger partial charge in [-0.05, 0) is 13.0 Å². The Balaban J connectivity index is 1.36. The molecule has 2 saturated heterocycles. The number of amides is 1. The van der Waals surface area contributed by atoms with Gasteiger partial charge in [0.25, 0.3) is 5.91 Å². The first-order chi connectivity index (χ1) is 20.4. The van der Waals surface area contributed by atoms with E-state index in [0.717, 1.165) is 5.69 Å². The molecule has 3 aromatic rings. The molecule has 8 N–H and O–H groups in total. The fraction of sp³-hybridized carbons (Fsp3) is 0.500. The molecule has 0 aliphatic carbocycles. The molecule has 5 heterocycles. The Morgan fingerprint density at radius 1 is 1.16 bits per heavy atom. The number of fused-ring (bicyclic) bond motifs is 2. The predicted octanol–water partition coefficient (Wildman–Crippen LogP) is -0.220. The van der Waals surface area contributed by atoms with Crippen molar-refractivity contribution in [2.75, 3.05) is 12.3 Å². The third-order valence-corrected chi connectivity index (χ3v) is 10.2. The minimum absolute atomic E-state index is 0.0470. The number of rotatable bonds is 11. The molecule has 1 amide bonds. The number of imidazole rings is 1. The molecule has 0 saturated carbocycles. The number of hydrogen-bond acceptors (Lipinski definition) is 15. The van der Waals surface area contributed by atoms with Crippen molar-refractivity contribution in [2.45, 2.75) is 44.3 Å². The lowest BCUT2D eigenvalue weighted by molar-refractivity contribution is -0.171. The Bertz CT molecular complexity index is 1790. The first-order valence-corrected chi connectivity index (χ1v) is 17.1. The third kappa shape index (κ3) is 7.33. The highest BCUT2D eigenvalue weighted by atomic mass is 32.1. The number of nitrogens with one attached hydrogen (secondary N) is 2. The van der Waals surface area contributed by atoms with Crippen LogP contribution in [0.4, 0.5) is 5.95 Å². The van der Waals surface area contributed by atoms with Crippen molar-refractivity contribution in [3.8, 4) is 0 Å². The fourth-order valence-electron chi connectivity index (χ4n) is 4.51. The van der Waals surface area contributed by atoms with Crippen LogP contribution in [-0.4, -0.2) is 86.0 Å². The molecule has 26 heteroatoms. The van der Waals surface area contributed by atoms with Crippen LogP contribution in [0.3, 0.4) is 0 Å². The van der Waals surface area contributed by atoms with Gasteiger partial charge < -0.3 is 49.8 Å². The smallest absolute Gasteiger partial charge is 0.369 e. The van der Waals surface area contributed by atoms with E-state index in [4.69, 9.17) is 46.5 Å². The minimum atomic E-state index is -5.77. The lowest BCUT2D eigenvalue weighted by Gasteiger charge is -2.22. The molecular formula is C18H25N8O14P3S. The lowest BCUT2D eigenvalue weighted by Crippen LogP contribution is -2.38. The number of aryl methyl sites for hydroxylation is 2. The molecule has 22 nitrogen and oxygen atoms in total. The number of nitrogens with two attached hydrogens (primary N) is 1. The van der Waals surface area contributed by atoms with Gasteiger partial charge in [0.15, 0.2) is 11.9 Å². The van der Waals surface area contributed by atoms with Crippen molar-refractivity contribution in [3.63, 3.8) is 0 Å². The average molecular weight is 702 g/mol. The lowest BCUT2D eigenvalue weighted by atomic mass is 10.1. The molecule has 7 atom stereocenters. The number of H-pyrrole nitrogens is 1. The number of nitrogens with zero attached hydrogens (tertiary/aromatic N) is 5. The van der Waals surface area contributed by atoms with Gasteiger partial charge in [-0.15, -0.1) is 0 Å². The van der Waals surface area contributed by atoms with Gasteiger partial charge in [0, 0.05) is 7.05 Å². The Morgan fingerprint density at radius 2 is 1.86 bits per heavy atom. The number of carbonyl (C=O) groups excluding carboxylic acids is 1. The minimum Gasteiger partial charge on any atom is -0.369 e. The summed E-state index contributed by atoms with van der Waals surface area (Å²) in [7, 11) is -15.2. The molecule has 0 radical (unpaired) electrons. The number of hydrogen-bond donors (Lipinski definition) is 7. The van der Waals surface area contributed by atoms with Gasteiger partial charge in [-0.3, -0.25) is 18.6 Å². The van der Waals surface area contributed by atoms with Crippen LogP contribution in [-0.2, 0) is 59.4 Å². The first kappa shape index (κ1) is 32.9. The molecule has 3 aromatic heterocycles. The zero-order valence-electron chi connectivity index (χ0n) is 22.4. The summed E-state index contributed by atoms with van der Waals surface area (Å²) in [6.45, 7) is 0.987. The highest BCUT2D eigenvalue weighted by Gasteiger charge is 2.56. The topological polar surface area (TPSA) is 307 Å². The standard InChI is InChI=1S/C18H25N8O14P3S/c1-7-3-8(25(2)24-7)4-20-14(27)17-37-11-9(5-35-42(31,32)40-43(33,34)39-41(28,29)30)36-16(12(11)38-17)26-6-21-10-13(26)22-18(19)23-15(10)44/h3,6,9,11-12,16-17H,4-5H2,1-2H3,(H,20,27)(H,31,32)(H,33,34)(H2,28,29,30)(H3,19,22,23,44)/t9?,11?,12?,16?,17-/m1/s1. The second kappa shape index (κ2) is 12.0. The van der Waals surface area contributed by atoms with Gasteiger partial charge in [0.2, 0.25) is 12.2 Å². The van der Waals surface area contributed by atoms with Crippen LogP contribution in [0.5, 0.6) is 0 Å². The highest BCUT2D eigenvalue weighted by molar-refractivity contribution is 7.71. The third-order valence-electron chi connectivity index (χ3n) is 6.15. The van der Waals surface area contributed by atoms with Crippen molar-refractivity contribution in [3.05, 3.63) is 28.4 Å². The maximum absolute atomic E-state index is 13.0. The number of aromatic nitrogens is 6. The second-order valence-electron chi connectivity index (χ2n) is 9.38. The van der Waals surface area contributed by atoms with Gasteiger partial charge in [-0.25, -0.2) is 18.7 Å². The van der Waals surface area contributed by atoms with E-state index in [9.17, 15) is 28.3 Å². The van der Waals surface area contributed by atoms with E-state index < -0.39 is 66.8 Å². The maximum Gasteiger partial charge on any atom is 0.490 e. The van der Waals surface area contributed by atoms with E-state index >= 15 is 0 Å². The van der Waals surface area contributed by atoms with Crippen LogP contribution in [0.2, 0.25) is 0 Å². The van der Waals surface area contributed by atoms with E-state index in [2.05, 4.69) is 34.0 Å². The number of carbonyl (C=O) groups is 1. The normalized spacial score (nSPS) is 26.4. The first-order valence-electron chi connectivity index (χ1n) is 12.2. The van der Waals surface area contributed by atoms with E-state index in [-0.39, 0.29) is 28.3 Å². The van der Waals surface area contributed by atoms with Crippen LogP contribution in [0.25, 0.3) is 11.2 Å². The molecular weight excluding hydrogens is 677 g/mol. The van der Waals surface area contributed by atoms with Crippen molar-refractivity contribution >= 4 is 58.7 Å². The van der Waals surface area contributed by atoms with E-state index in [1.807, 2.05) is 0 Å². The SMILES string of the molecule is Cc1cc(CNC(=O)[C@@H]2OC3C(COP(=O)(O)OP(=O)(O)OP(=O)(O)O)OC(n4cnc5c(=S)[nH]c(N)nc54)C3O2)n(C)n1. The Hall–Kier alpha value is -2.46. The number of ether oxygens (including phenoxy) is 3. The van der Waals surface area contributed by atoms with Gasteiger partial charge in [0.05, 0.1) is 30.9 Å². The molecule has 0 spiro atoms. The van der Waals surface area contributed by atoms with Crippen LogP contribution in [0.15, 0.2) is 12.4 Å². The number of phosphoric ester groups is 1. The Kier molecular flexibility index (Phi) is 9.01. The molecule has 0 bridgehead atoms. The maximum atomic E-state index is 13.0. The van der Waals surface area contributed by atoms with Gasteiger partial charge in [0.1, 0.15) is 28.5 Å². The predicted molar refractivity (Wildman–Crippen MR) is 144 cm³/mol. The monoisotopic (exact) mass is 702 g/mol. The number of phosphoric acid groups is 3. The van der Waals surface area contributed by atoms with E-state index in [1.54, 1.807) is 24.7 Å². The molecule has 2 aliphatic rings. The Labute approximate surface area is 250 Å². The summed E-state index contributed by atoms with van der Waals surface area (Å²) in [4.78, 5) is 60.8. The zero-order chi connectivity index (χ0) is 32.2. The average Bonchev–Trinajstić information content (AvgIpc) is 3.62. The summed E-state index contributed by atoms with van der Waals surface area (Å²) in [6, 6.07) is 1.77. The van der Waals surface area contributed by atoms with Crippen molar-refractivity contribution in [2.24, 2.45) is 7.05 Å². The molecule has 5 rings (SSSR count). The van der Waals surface area contributed by atoms with Gasteiger partial charge in [-0.2, -0.15) is 18.7 Å².